The summed E-state index contributed by atoms with van der Waals surface area (Å²) in [5.74, 6) is 5.17. The highest BCUT2D eigenvalue weighted by atomic mass is 32.1. The Hall–Kier alpha value is -2.17. The Labute approximate surface area is 102 Å². The summed E-state index contributed by atoms with van der Waals surface area (Å²) < 4.78 is 13.1. The molecule has 0 fully saturated rings. The van der Waals surface area contributed by atoms with E-state index in [-0.39, 0.29) is 5.56 Å². The van der Waals surface area contributed by atoms with Gasteiger partial charge in [0.05, 0.1) is 16.6 Å². The lowest BCUT2D eigenvalue weighted by atomic mass is 10.1. The molecule has 1 heterocycles. The molecule has 0 bridgehead atoms. The maximum atomic E-state index is 13.1. The van der Waals surface area contributed by atoms with Gasteiger partial charge in [0.25, 0.3) is 0 Å². The Morgan fingerprint density at radius 3 is 2.65 bits per heavy atom. The Bertz CT molecular complexity index is 656. The number of hydrogen-bond donors (Lipinski definition) is 0. The molecule has 82 valence electrons. The first-order valence-electron chi connectivity index (χ1n) is 4.82. The second-order valence-corrected chi connectivity index (χ2v) is 4.40. The van der Waals surface area contributed by atoms with Gasteiger partial charge in [-0.1, -0.05) is 5.92 Å². The molecule has 0 saturated carbocycles. The molecule has 4 heteroatoms. The first-order valence-corrected chi connectivity index (χ1v) is 5.70. The summed E-state index contributed by atoms with van der Waals surface area (Å²) in [5, 5.41) is 11.5. The highest BCUT2D eigenvalue weighted by molar-refractivity contribution is 7.09. The van der Waals surface area contributed by atoms with Gasteiger partial charge in [0.2, 0.25) is 0 Å². The number of aromatic nitrogens is 1. The maximum absolute atomic E-state index is 13.1. The van der Waals surface area contributed by atoms with E-state index < -0.39 is 5.82 Å². The first-order chi connectivity index (χ1) is 8.17. The number of halogens is 1. The van der Waals surface area contributed by atoms with Gasteiger partial charge in [0, 0.05) is 10.9 Å². The number of thiazole rings is 1. The van der Waals surface area contributed by atoms with Crippen molar-refractivity contribution in [1.29, 1.82) is 5.26 Å². The molecular formula is C13H7FN2S. The lowest BCUT2D eigenvalue weighted by Crippen LogP contribution is -1.83. The second kappa shape index (κ2) is 4.78. The van der Waals surface area contributed by atoms with Gasteiger partial charge in [-0.05, 0) is 31.0 Å². The van der Waals surface area contributed by atoms with E-state index in [1.165, 1.54) is 23.5 Å². The van der Waals surface area contributed by atoms with E-state index in [1.54, 1.807) is 6.07 Å². The molecule has 2 aromatic rings. The van der Waals surface area contributed by atoms with Crippen molar-refractivity contribution in [3.63, 3.8) is 0 Å². The summed E-state index contributed by atoms with van der Waals surface area (Å²) in [6, 6.07) is 5.92. The molecule has 1 aromatic carbocycles. The third-order valence-electron chi connectivity index (χ3n) is 1.98. The van der Waals surface area contributed by atoms with Crippen molar-refractivity contribution < 1.29 is 4.39 Å². The average molecular weight is 242 g/mol. The van der Waals surface area contributed by atoms with Crippen molar-refractivity contribution >= 4 is 11.3 Å². The standard InChI is InChI=1S/C13H7FN2S/c1-9-16-13(8-17-9)3-2-10-4-11(7-15)6-12(14)5-10/h4-6,8H,1H3. The van der Waals surface area contributed by atoms with Crippen LogP contribution < -0.4 is 0 Å². The van der Waals surface area contributed by atoms with E-state index in [0.29, 0.717) is 11.3 Å². The minimum Gasteiger partial charge on any atom is -0.233 e. The van der Waals surface area contributed by atoms with Gasteiger partial charge in [0.15, 0.2) is 0 Å². The Morgan fingerprint density at radius 1 is 1.24 bits per heavy atom. The van der Waals surface area contributed by atoms with Gasteiger partial charge in [-0.25, -0.2) is 9.37 Å². The smallest absolute Gasteiger partial charge is 0.125 e. The highest BCUT2D eigenvalue weighted by Crippen LogP contribution is 2.09. The van der Waals surface area contributed by atoms with Crippen LogP contribution >= 0.6 is 11.3 Å². The summed E-state index contributed by atoms with van der Waals surface area (Å²) in [4.78, 5) is 4.18. The lowest BCUT2D eigenvalue weighted by Gasteiger charge is -1.92. The third kappa shape index (κ3) is 2.90. The van der Waals surface area contributed by atoms with Crippen LogP contribution in [0, 0.1) is 35.9 Å². The average Bonchev–Trinajstić information content (AvgIpc) is 2.72. The molecule has 0 saturated heterocycles. The van der Waals surface area contributed by atoms with Crippen molar-refractivity contribution in [2.75, 3.05) is 0 Å². The van der Waals surface area contributed by atoms with Gasteiger partial charge in [0.1, 0.15) is 11.5 Å². The highest BCUT2D eigenvalue weighted by Gasteiger charge is 1.98. The molecule has 0 aliphatic heterocycles. The van der Waals surface area contributed by atoms with E-state index in [0.717, 1.165) is 5.01 Å². The van der Waals surface area contributed by atoms with E-state index in [1.807, 2.05) is 18.4 Å². The molecule has 0 aliphatic carbocycles. The number of hydrogen-bond acceptors (Lipinski definition) is 3. The Morgan fingerprint density at radius 2 is 2.00 bits per heavy atom. The molecular weight excluding hydrogens is 235 g/mol. The summed E-state index contributed by atoms with van der Waals surface area (Å²) >= 11 is 1.51. The molecule has 0 unspecified atom stereocenters. The SMILES string of the molecule is Cc1nc(C#Cc2cc(F)cc(C#N)c2)cs1. The van der Waals surface area contributed by atoms with Gasteiger partial charge >= 0.3 is 0 Å². The van der Waals surface area contributed by atoms with Gasteiger partial charge < -0.3 is 0 Å². The number of rotatable bonds is 0. The van der Waals surface area contributed by atoms with Crippen molar-refractivity contribution in [1.82, 2.24) is 4.98 Å². The van der Waals surface area contributed by atoms with Crippen LogP contribution in [0.25, 0.3) is 0 Å². The van der Waals surface area contributed by atoms with Crippen LogP contribution in [0.15, 0.2) is 23.6 Å². The molecule has 0 aliphatic rings. The topological polar surface area (TPSA) is 36.7 Å². The predicted octanol–water partition coefficient (Wildman–Crippen LogP) is 2.86. The van der Waals surface area contributed by atoms with E-state index in [9.17, 15) is 4.39 Å². The second-order valence-electron chi connectivity index (χ2n) is 3.34. The van der Waals surface area contributed by atoms with Crippen LogP contribution in [0.3, 0.4) is 0 Å². The zero-order valence-corrected chi connectivity index (χ0v) is 9.81. The van der Waals surface area contributed by atoms with Gasteiger partial charge in [-0.3, -0.25) is 0 Å². The fourth-order valence-corrected chi connectivity index (χ4v) is 1.83. The van der Waals surface area contributed by atoms with Gasteiger partial charge in [-0.15, -0.1) is 11.3 Å². The Balaban J connectivity index is 2.34. The third-order valence-corrected chi connectivity index (χ3v) is 2.75. The monoisotopic (exact) mass is 242 g/mol. The molecule has 0 N–H and O–H groups in total. The van der Waals surface area contributed by atoms with E-state index in [4.69, 9.17) is 5.26 Å². The molecule has 17 heavy (non-hydrogen) atoms. The summed E-state index contributed by atoms with van der Waals surface area (Å²) in [5.41, 5.74) is 1.41. The van der Waals surface area contributed by atoms with Crippen molar-refractivity contribution in [3.05, 3.63) is 51.2 Å². The number of nitriles is 1. The Kier molecular flexibility index (Phi) is 3.18. The zero-order valence-electron chi connectivity index (χ0n) is 8.99. The van der Waals surface area contributed by atoms with Crippen LogP contribution in [0.4, 0.5) is 4.39 Å². The molecule has 0 atom stereocenters. The predicted molar refractivity (Wildman–Crippen MR) is 63.9 cm³/mol. The molecule has 2 nitrogen and oxygen atoms in total. The largest absolute Gasteiger partial charge is 0.233 e. The van der Waals surface area contributed by atoms with Crippen molar-refractivity contribution in [3.8, 4) is 17.9 Å². The maximum Gasteiger partial charge on any atom is 0.125 e. The summed E-state index contributed by atoms with van der Waals surface area (Å²) in [6.07, 6.45) is 0. The van der Waals surface area contributed by atoms with Crippen LogP contribution in [0.1, 0.15) is 21.8 Å². The normalized spacial score (nSPS) is 9.24. The van der Waals surface area contributed by atoms with Crippen molar-refractivity contribution in [2.45, 2.75) is 6.92 Å². The van der Waals surface area contributed by atoms with E-state index >= 15 is 0 Å². The number of benzene rings is 1. The summed E-state index contributed by atoms with van der Waals surface area (Å²) in [7, 11) is 0. The molecule has 0 spiro atoms. The minimum absolute atomic E-state index is 0.267. The molecule has 2 rings (SSSR count). The van der Waals surface area contributed by atoms with Crippen LogP contribution in [-0.4, -0.2) is 4.98 Å². The number of aryl methyl sites for hydroxylation is 1. The minimum atomic E-state index is -0.456. The fourth-order valence-electron chi connectivity index (χ4n) is 1.28. The van der Waals surface area contributed by atoms with Crippen LogP contribution in [0.5, 0.6) is 0 Å². The van der Waals surface area contributed by atoms with Gasteiger partial charge in [-0.2, -0.15) is 5.26 Å². The van der Waals surface area contributed by atoms with Crippen LogP contribution in [-0.2, 0) is 0 Å². The van der Waals surface area contributed by atoms with E-state index in [2.05, 4.69) is 16.8 Å². The first kappa shape index (κ1) is 11.3. The molecule has 0 amide bonds. The summed E-state index contributed by atoms with van der Waals surface area (Å²) in [6.45, 7) is 1.89. The van der Waals surface area contributed by atoms with Crippen LogP contribution in [0.2, 0.25) is 0 Å². The zero-order chi connectivity index (χ0) is 12.3. The fraction of sp³-hybridized carbons (Fsp3) is 0.0769. The lowest BCUT2D eigenvalue weighted by molar-refractivity contribution is 0.627. The van der Waals surface area contributed by atoms with Crippen molar-refractivity contribution in [2.24, 2.45) is 0 Å². The molecule has 1 aromatic heterocycles. The quantitative estimate of drug-likeness (QED) is 0.666. The number of nitrogens with zero attached hydrogens (tertiary/aromatic N) is 2. The molecule has 0 radical (unpaired) electrons.